The summed E-state index contributed by atoms with van der Waals surface area (Å²) >= 11 is 0. The molecule has 1 aromatic rings. The molecule has 0 radical (unpaired) electrons. The van der Waals surface area contributed by atoms with Crippen molar-refractivity contribution in [2.75, 3.05) is 13.7 Å². The van der Waals surface area contributed by atoms with Crippen LogP contribution < -0.4 is 10.1 Å². The second kappa shape index (κ2) is 4.98. The second-order valence-electron chi connectivity index (χ2n) is 4.84. The lowest BCUT2D eigenvalue weighted by molar-refractivity contribution is -0.141. The van der Waals surface area contributed by atoms with Crippen LogP contribution in [0.15, 0.2) is 12.1 Å². The molecule has 4 heteroatoms. The molecule has 0 aliphatic carbocycles. The normalized spacial score (nSPS) is 23.1. The Balaban J connectivity index is 2.25. The van der Waals surface area contributed by atoms with E-state index in [0.717, 1.165) is 11.3 Å². The van der Waals surface area contributed by atoms with Gasteiger partial charge in [-0.3, -0.25) is 4.79 Å². The van der Waals surface area contributed by atoms with E-state index < -0.39 is 5.97 Å². The van der Waals surface area contributed by atoms with Crippen LogP contribution in [-0.4, -0.2) is 24.7 Å². The summed E-state index contributed by atoms with van der Waals surface area (Å²) < 4.78 is 5.29. The number of hydrogen-bond acceptors (Lipinski definition) is 3. The van der Waals surface area contributed by atoms with Gasteiger partial charge in [0.25, 0.3) is 0 Å². The van der Waals surface area contributed by atoms with Crippen molar-refractivity contribution >= 4 is 5.97 Å². The Morgan fingerprint density at radius 2 is 2.11 bits per heavy atom. The zero-order valence-corrected chi connectivity index (χ0v) is 11.0. The van der Waals surface area contributed by atoms with Crippen molar-refractivity contribution in [2.24, 2.45) is 5.92 Å². The van der Waals surface area contributed by atoms with Gasteiger partial charge in [-0.05, 0) is 43.0 Å². The Bertz CT molecular complexity index is 470. The third-order valence-corrected chi connectivity index (χ3v) is 3.85. The lowest BCUT2D eigenvalue weighted by Crippen LogP contribution is -2.17. The van der Waals surface area contributed by atoms with Crippen LogP contribution in [0.25, 0.3) is 0 Å². The molecule has 1 heterocycles. The van der Waals surface area contributed by atoms with E-state index in [1.807, 2.05) is 19.1 Å². The van der Waals surface area contributed by atoms with Crippen molar-refractivity contribution in [1.29, 1.82) is 0 Å². The minimum absolute atomic E-state index is 0.135. The van der Waals surface area contributed by atoms with Crippen LogP contribution in [0.3, 0.4) is 0 Å². The van der Waals surface area contributed by atoms with Gasteiger partial charge >= 0.3 is 5.97 Å². The van der Waals surface area contributed by atoms with Crippen LogP contribution in [0.2, 0.25) is 0 Å². The highest BCUT2D eigenvalue weighted by atomic mass is 16.5. The van der Waals surface area contributed by atoms with E-state index in [2.05, 4.69) is 12.2 Å². The number of ether oxygens (including phenoxy) is 1. The summed E-state index contributed by atoms with van der Waals surface area (Å²) in [5.74, 6) is -0.117. The monoisotopic (exact) mass is 249 g/mol. The molecule has 0 bridgehead atoms. The number of methoxy groups -OCH3 is 1. The van der Waals surface area contributed by atoms with Crippen molar-refractivity contribution in [3.8, 4) is 5.75 Å². The fraction of sp³-hybridized carbons (Fsp3) is 0.500. The van der Waals surface area contributed by atoms with Crippen molar-refractivity contribution in [1.82, 2.24) is 5.32 Å². The van der Waals surface area contributed by atoms with Crippen molar-refractivity contribution in [2.45, 2.75) is 26.3 Å². The van der Waals surface area contributed by atoms with Gasteiger partial charge in [0, 0.05) is 12.6 Å². The lowest BCUT2D eigenvalue weighted by Gasteiger charge is -2.17. The molecule has 0 amide bonds. The van der Waals surface area contributed by atoms with E-state index in [0.29, 0.717) is 13.0 Å². The highest BCUT2D eigenvalue weighted by Gasteiger charge is 2.31. The molecule has 0 saturated carbocycles. The molecule has 4 nitrogen and oxygen atoms in total. The Labute approximate surface area is 107 Å². The smallest absolute Gasteiger partial charge is 0.307 e. The quantitative estimate of drug-likeness (QED) is 0.860. The first-order valence-electron chi connectivity index (χ1n) is 6.15. The number of hydrogen-bond donors (Lipinski definition) is 2. The van der Waals surface area contributed by atoms with E-state index in [9.17, 15) is 4.79 Å². The maximum atomic E-state index is 11.0. The fourth-order valence-electron chi connectivity index (χ4n) is 2.58. The lowest BCUT2D eigenvalue weighted by atomic mass is 9.94. The number of carbonyl (C=O) groups is 1. The number of nitrogens with one attached hydrogen (secondary N) is 1. The zero-order chi connectivity index (χ0) is 13.3. The predicted octanol–water partition coefficient (Wildman–Crippen LogP) is 2.05. The largest absolute Gasteiger partial charge is 0.496 e. The van der Waals surface area contributed by atoms with Gasteiger partial charge in [0.2, 0.25) is 0 Å². The molecule has 1 aliphatic heterocycles. The Morgan fingerprint density at radius 3 is 2.67 bits per heavy atom. The highest BCUT2D eigenvalue weighted by molar-refractivity contribution is 5.71. The van der Waals surface area contributed by atoms with Gasteiger partial charge in [0.05, 0.1) is 13.0 Å². The molecule has 1 saturated heterocycles. The molecule has 0 spiro atoms. The Morgan fingerprint density at radius 1 is 1.39 bits per heavy atom. The van der Waals surface area contributed by atoms with E-state index in [1.54, 1.807) is 7.11 Å². The van der Waals surface area contributed by atoms with Crippen LogP contribution in [0, 0.1) is 19.8 Å². The van der Waals surface area contributed by atoms with Crippen LogP contribution in [0.5, 0.6) is 5.75 Å². The molecule has 1 fully saturated rings. The van der Waals surface area contributed by atoms with Gasteiger partial charge < -0.3 is 15.2 Å². The standard InChI is InChI=1S/C14H19NO3/c1-8-9(2)13(18-3)5-4-11(8)12-6-10(7-15-12)14(16)17/h4-5,10,12,15H,6-7H2,1-3H3,(H,16,17). The first-order valence-corrected chi connectivity index (χ1v) is 6.15. The molecule has 1 aromatic carbocycles. The number of benzene rings is 1. The fourth-order valence-corrected chi connectivity index (χ4v) is 2.58. The summed E-state index contributed by atoms with van der Waals surface area (Å²) in [6.45, 7) is 4.63. The number of rotatable bonds is 3. The van der Waals surface area contributed by atoms with E-state index >= 15 is 0 Å². The minimum Gasteiger partial charge on any atom is -0.496 e. The summed E-state index contributed by atoms with van der Waals surface area (Å²) in [4.78, 5) is 11.0. The third-order valence-electron chi connectivity index (χ3n) is 3.85. The van der Waals surface area contributed by atoms with E-state index in [-0.39, 0.29) is 12.0 Å². The molecule has 2 N–H and O–H groups in total. The van der Waals surface area contributed by atoms with Crippen molar-refractivity contribution < 1.29 is 14.6 Å². The molecule has 18 heavy (non-hydrogen) atoms. The van der Waals surface area contributed by atoms with E-state index in [4.69, 9.17) is 9.84 Å². The molecule has 0 aromatic heterocycles. The second-order valence-corrected chi connectivity index (χ2v) is 4.84. The van der Waals surface area contributed by atoms with Crippen LogP contribution in [0.1, 0.15) is 29.2 Å². The first-order chi connectivity index (χ1) is 8.54. The van der Waals surface area contributed by atoms with Gasteiger partial charge in [0.1, 0.15) is 5.75 Å². The van der Waals surface area contributed by atoms with Gasteiger partial charge in [0.15, 0.2) is 0 Å². The average molecular weight is 249 g/mol. The van der Waals surface area contributed by atoms with Gasteiger partial charge in [-0.15, -0.1) is 0 Å². The molecular formula is C14H19NO3. The number of aliphatic carboxylic acids is 1. The van der Waals surface area contributed by atoms with Crippen LogP contribution in [0.4, 0.5) is 0 Å². The van der Waals surface area contributed by atoms with Crippen molar-refractivity contribution in [3.63, 3.8) is 0 Å². The van der Waals surface area contributed by atoms with Gasteiger partial charge in [-0.1, -0.05) is 6.07 Å². The predicted molar refractivity (Wildman–Crippen MR) is 69.0 cm³/mol. The molecule has 1 aliphatic rings. The Kier molecular flexibility index (Phi) is 3.57. The summed E-state index contributed by atoms with van der Waals surface area (Å²) in [5, 5.41) is 12.3. The highest BCUT2D eigenvalue weighted by Crippen LogP contribution is 2.33. The number of carboxylic acid groups (broad SMARTS) is 1. The SMILES string of the molecule is COc1ccc(C2CC(C(=O)O)CN2)c(C)c1C. The van der Waals surface area contributed by atoms with Gasteiger partial charge in [-0.25, -0.2) is 0 Å². The van der Waals surface area contributed by atoms with E-state index in [1.165, 1.54) is 11.1 Å². The third kappa shape index (κ3) is 2.20. The molecule has 2 atom stereocenters. The summed E-state index contributed by atoms with van der Waals surface area (Å²) in [6, 6.07) is 4.12. The van der Waals surface area contributed by atoms with Crippen LogP contribution in [-0.2, 0) is 4.79 Å². The topological polar surface area (TPSA) is 58.6 Å². The average Bonchev–Trinajstić information content (AvgIpc) is 2.82. The zero-order valence-electron chi connectivity index (χ0n) is 11.0. The number of carboxylic acids is 1. The molecular weight excluding hydrogens is 230 g/mol. The molecule has 2 unspecified atom stereocenters. The maximum Gasteiger partial charge on any atom is 0.307 e. The first kappa shape index (κ1) is 12.9. The Hall–Kier alpha value is -1.55. The van der Waals surface area contributed by atoms with Gasteiger partial charge in [-0.2, -0.15) is 0 Å². The van der Waals surface area contributed by atoms with Crippen molar-refractivity contribution in [3.05, 3.63) is 28.8 Å². The maximum absolute atomic E-state index is 11.0. The minimum atomic E-state index is -0.715. The molecule has 2 rings (SSSR count). The summed E-state index contributed by atoms with van der Waals surface area (Å²) in [7, 11) is 1.66. The summed E-state index contributed by atoms with van der Waals surface area (Å²) in [5.41, 5.74) is 3.48. The van der Waals surface area contributed by atoms with Crippen LogP contribution >= 0.6 is 0 Å². The summed E-state index contributed by atoms with van der Waals surface area (Å²) in [6.07, 6.45) is 0.655. The molecule has 98 valence electrons.